The number of nitrogens with one attached hydrogen (secondary N) is 2. The van der Waals surface area contributed by atoms with Gasteiger partial charge in [0.2, 0.25) is 5.91 Å². The van der Waals surface area contributed by atoms with Crippen molar-refractivity contribution in [2.75, 3.05) is 6.54 Å². The first-order valence-corrected chi connectivity index (χ1v) is 8.95. The zero-order valence-corrected chi connectivity index (χ0v) is 15.2. The van der Waals surface area contributed by atoms with Crippen molar-refractivity contribution in [3.63, 3.8) is 0 Å². The zero-order chi connectivity index (χ0) is 18.5. The van der Waals surface area contributed by atoms with Crippen molar-refractivity contribution < 1.29 is 14.3 Å². The Morgan fingerprint density at radius 3 is 2.77 bits per heavy atom. The van der Waals surface area contributed by atoms with Crippen LogP contribution in [0.25, 0.3) is 5.69 Å². The van der Waals surface area contributed by atoms with Crippen molar-refractivity contribution >= 4 is 23.4 Å². The van der Waals surface area contributed by atoms with Gasteiger partial charge in [0.1, 0.15) is 5.02 Å². The third kappa shape index (κ3) is 4.98. The smallest absolute Gasteiger partial charge is 0.260 e. The van der Waals surface area contributed by atoms with Gasteiger partial charge in [-0.15, -0.1) is 5.10 Å². The van der Waals surface area contributed by atoms with Crippen molar-refractivity contribution in [1.29, 1.82) is 0 Å². The lowest BCUT2D eigenvalue weighted by Crippen LogP contribution is -2.38. The van der Waals surface area contributed by atoms with Crippen LogP contribution in [0, 0.1) is 0 Å². The summed E-state index contributed by atoms with van der Waals surface area (Å²) in [4.78, 5) is 23.7. The minimum atomic E-state index is -0.780. The van der Waals surface area contributed by atoms with Gasteiger partial charge in [0.25, 0.3) is 11.8 Å². The molecule has 0 aliphatic heterocycles. The van der Waals surface area contributed by atoms with Crippen LogP contribution in [0.3, 0.4) is 0 Å². The van der Waals surface area contributed by atoms with Crippen molar-refractivity contribution in [3.05, 3.63) is 41.6 Å². The van der Waals surface area contributed by atoms with E-state index in [0.717, 1.165) is 18.5 Å². The van der Waals surface area contributed by atoms with Gasteiger partial charge in [0.05, 0.1) is 11.9 Å². The Bertz CT molecular complexity index is 774. The monoisotopic (exact) mass is 376 g/mol. The molecule has 2 aromatic rings. The van der Waals surface area contributed by atoms with E-state index in [-0.39, 0.29) is 30.7 Å². The van der Waals surface area contributed by atoms with Crippen LogP contribution in [0.4, 0.5) is 0 Å². The number of benzene rings is 1. The molecular formula is C18H21ClN4O3. The minimum Gasteiger partial charge on any atom is -0.462 e. The van der Waals surface area contributed by atoms with E-state index in [4.69, 9.17) is 16.3 Å². The first kappa shape index (κ1) is 18.3. The lowest BCUT2D eigenvalue weighted by Gasteiger charge is -2.13. The van der Waals surface area contributed by atoms with Crippen LogP contribution >= 0.6 is 11.6 Å². The molecule has 8 heteroatoms. The third-order valence-electron chi connectivity index (χ3n) is 3.91. The van der Waals surface area contributed by atoms with Crippen LogP contribution in [0.1, 0.15) is 26.2 Å². The molecular weight excluding hydrogens is 356 g/mol. The number of carbonyl (C=O) groups is 2. The Morgan fingerprint density at radius 1 is 1.35 bits per heavy atom. The van der Waals surface area contributed by atoms with Gasteiger partial charge in [0.15, 0.2) is 6.10 Å². The maximum Gasteiger partial charge on any atom is 0.260 e. The van der Waals surface area contributed by atoms with Crippen molar-refractivity contribution in [2.45, 2.75) is 38.3 Å². The highest BCUT2D eigenvalue weighted by Gasteiger charge is 2.23. The minimum absolute atomic E-state index is 0.0500. The second kappa shape index (κ2) is 8.23. The van der Waals surface area contributed by atoms with E-state index in [1.54, 1.807) is 17.8 Å². The Labute approximate surface area is 156 Å². The molecule has 0 bridgehead atoms. The van der Waals surface area contributed by atoms with Gasteiger partial charge in [-0.2, -0.15) is 0 Å². The molecule has 1 heterocycles. The number of amides is 2. The molecule has 1 aliphatic rings. The third-order valence-corrected chi connectivity index (χ3v) is 4.17. The highest BCUT2D eigenvalue weighted by atomic mass is 35.5. The molecule has 1 aliphatic carbocycles. The summed E-state index contributed by atoms with van der Waals surface area (Å²) in [5, 5.41) is 10.1. The number of nitrogens with zero attached hydrogens (tertiary/aromatic N) is 2. The summed E-state index contributed by atoms with van der Waals surface area (Å²) >= 11 is 6.15. The molecule has 3 rings (SSSR count). The number of aromatic nitrogens is 2. The topological polar surface area (TPSA) is 85.2 Å². The molecule has 1 aromatic heterocycles. The molecule has 1 fully saturated rings. The van der Waals surface area contributed by atoms with Crippen LogP contribution in [0.15, 0.2) is 36.5 Å². The first-order valence-electron chi connectivity index (χ1n) is 8.57. The predicted octanol–water partition coefficient (Wildman–Crippen LogP) is 2.08. The fourth-order valence-electron chi connectivity index (χ4n) is 2.32. The molecule has 2 amide bonds. The Hall–Kier alpha value is -2.54. The molecule has 1 aromatic carbocycles. The van der Waals surface area contributed by atoms with Gasteiger partial charge in [0, 0.05) is 19.0 Å². The lowest BCUT2D eigenvalue weighted by molar-refractivity contribution is -0.127. The molecule has 0 radical (unpaired) electrons. The van der Waals surface area contributed by atoms with E-state index in [1.165, 1.54) is 0 Å². The molecule has 1 unspecified atom stereocenters. The molecule has 138 valence electrons. The van der Waals surface area contributed by atoms with Crippen LogP contribution in [-0.2, 0) is 9.59 Å². The average molecular weight is 377 g/mol. The molecule has 0 saturated heterocycles. The molecule has 2 N–H and O–H groups in total. The number of carbonyl (C=O) groups excluding carboxylic acids is 2. The van der Waals surface area contributed by atoms with E-state index in [0.29, 0.717) is 11.1 Å². The highest BCUT2D eigenvalue weighted by molar-refractivity contribution is 6.31. The normalized spacial score (nSPS) is 14.5. The zero-order valence-electron chi connectivity index (χ0n) is 14.4. The van der Waals surface area contributed by atoms with E-state index in [2.05, 4.69) is 15.7 Å². The summed E-state index contributed by atoms with van der Waals surface area (Å²) in [5.41, 5.74) is 0.836. The number of ether oxygens (including phenoxy) is 1. The lowest BCUT2D eigenvalue weighted by atomic mass is 10.3. The first-order chi connectivity index (χ1) is 12.5. The van der Waals surface area contributed by atoms with Crippen molar-refractivity contribution in [2.24, 2.45) is 0 Å². The summed E-state index contributed by atoms with van der Waals surface area (Å²) in [6, 6.07) is 9.78. The van der Waals surface area contributed by atoms with Crippen molar-refractivity contribution in [1.82, 2.24) is 20.4 Å². The molecule has 0 spiro atoms. The molecule has 7 nitrogen and oxygen atoms in total. The van der Waals surface area contributed by atoms with Gasteiger partial charge in [-0.25, -0.2) is 4.68 Å². The molecule has 26 heavy (non-hydrogen) atoms. The van der Waals surface area contributed by atoms with Gasteiger partial charge in [-0.05, 0) is 31.9 Å². The van der Waals surface area contributed by atoms with Crippen LogP contribution in [0.5, 0.6) is 5.88 Å². The molecule has 1 saturated carbocycles. The number of halogens is 1. The standard InChI is InChI=1S/C18H21ClN4O3/c1-12(17(25)20-10-9-16(24)21-13-7-8-13)26-18-15(19)11-23(22-18)14-5-3-2-4-6-14/h2-6,11-13H,7-10H2,1H3,(H,20,25)(H,21,24). The second-order valence-electron chi connectivity index (χ2n) is 6.21. The predicted molar refractivity (Wildman–Crippen MR) is 97.5 cm³/mol. The van der Waals surface area contributed by atoms with E-state index in [9.17, 15) is 9.59 Å². The van der Waals surface area contributed by atoms with E-state index < -0.39 is 6.10 Å². The summed E-state index contributed by atoms with van der Waals surface area (Å²) < 4.78 is 7.15. The van der Waals surface area contributed by atoms with Gasteiger partial charge < -0.3 is 15.4 Å². The largest absolute Gasteiger partial charge is 0.462 e. The SMILES string of the molecule is CC(Oc1nn(-c2ccccc2)cc1Cl)C(=O)NCCC(=O)NC1CC1. The Kier molecular flexibility index (Phi) is 5.78. The maximum absolute atomic E-state index is 12.1. The van der Waals surface area contributed by atoms with Gasteiger partial charge in [-0.1, -0.05) is 29.8 Å². The second-order valence-corrected chi connectivity index (χ2v) is 6.61. The van der Waals surface area contributed by atoms with Gasteiger partial charge >= 0.3 is 0 Å². The fourth-order valence-corrected chi connectivity index (χ4v) is 2.50. The van der Waals surface area contributed by atoms with Crippen molar-refractivity contribution in [3.8, 4) is 11.6 Å². The Balaban J connectivity index is 1.49. The summed E-state index contributed by atoms with van der Waals surface area (Å²) in [7, 11) is 0. The fraction of sp³-hybridized carbons (Fsp3) is 0.389. The number of hydrogen-bond donors (Lipinski definition) is 2. The summed E-state index contributed by atoms with van der Waals surface area (Å²) in [6.45, 7) is 1.87. The summed E-state index contributed by atoms with van der Waals surface area (Å²) in [5.74, 6) is -0.190. The van der Waals surface area contributed by atoms with Crippen LogP contribution < -0.4 is 15.4 Å². The number of rotatable bonds is 8. The highest BCUT2D eigenvalue weighted by Crippen LogP contribution is 2.25. The van der Waals surface area contributed by atoms with E-state index >= 15 is 0 Å². The van der Waals surface area contributed by atoms with Crippen LogP contribution in [-0.4, -0.2) is 40.3 Å². The molecule has 1 atom stereocenters. The van der Waals surface area contributed by atoms with Crippen LogP contribution in [0.2, 0.25) is 5.02 Å². The summed E-state index contributed by atoms with van der Waals surface area (Å²) in [6.07, 6.45) is 3.17. The Morgan fingerprint density at radius 2 is 2.08 bits per heavy atom. The number of hydrogen-bond acceptors (Lipinski definition) is 4. The quantitative estimate of drug-likeness (QED) is 0.738. The van der Waals surface area contributed by atoms with Gasteiger partial charge in [-0.3, -0.25) is 9.59 Å². The maximum atomic E-state index is 12.1. The van der Waals surface area contributed by atoms with E-state index in [1.807, 2.05) is 30.3 Å². The average Bonchev–Trinajstić information content (AvgIpc) is 3.37. The number of para-hydroxylation sites is 1.